The first-order valence-electron chi connectivity index (χ1n) is 6.23. The van der Waals surface area contributed by atoms with E-state index in [9.17, 15) is 9.90 Å². The van der Waals surface area contributed by atoms with Gasteiger partial charge in [-0.1, -0.05) is 24.3 Å². The van der Waals surface area contributed by atoms with Crippen molar-refractivity contribution in [3.63, 3.8) is 0 Å². The average Bonchev–Trinajstić information content (AvgIpc) is 2.90. The van der Waals surface area contributed by atoms with E-state index in [-0.39, 0.29) is 5.91 Å². The SMILES string of the molecule is CC(O)(c1ccccc1-c1ccoc1)C1CNC1=O. The molecule has 2 N–H and O–H groups in total. The molecule has 2 aromatic rings. The monoisotopic (exact) mass is 257 g/mol. The molecule has 0 aliphatic carbocycles. The standard InChI is InChI=1S/C15H15NO3/c1-15(18,13-8-16-14(13)17)12-5-3-2-4-11(12)10-6-7-19-9-10/h2-7,9,13,18H,8H2,1H3,(H,16,17). The van der Waals surface area contributed by atoms with Gasteiger partial charge < -0.3 is 14.8 Å². The third-order valence-electron chi connectivity index (χ3n) is 3.78. The fourth-order valence-electron chi connectivity index (χ4n) is 2.52. The zero-order valence-electron chi connectivity index (χ0n) is 10.6. The van der Waals surface area contributed by atoms with Crippen LogP contribution in [-0.2, 0) is 10.4 Å². The molecule has 0 bridgehead atoms. The molecule has 1 amide bonds. The van der Waals surface area contributed by atoms with Crippen molar-refractivity contribution in [2.75, 3.05) is 6.54 Å². The third kappa shape index (κ3) is 1.85. The summed E-state index contributed by atoms with van der Waals surface area (Å²) in [5.41, 5.74) is 1.35. The number of rotatable bonds is 3. The molecular weight excluding hydrogens is 242 g/mol. The molecule has 19 heavy (non-hydrogen) atoms. The van der Waals surface area contributed by atoms with Crippen molar-refractivity contribution < 1.29 is 14.3 Å². The van der Waals surface area contributed by atoms with Gasteiger partial charge in [-0.3, -0.25) is 4.79 Å². The minimum absolute atomic E-state index is 0.105. The van der Waals surface area contributed by atoms with Gasteiger partial charge >= 0.3 is 0 Å². The van der Waals surface area contributed by atoms with Crippen molar-refractivity contribution >= 4 is 5.91 Å². The second-order valence-electron chi connectivity index (χ2n) is 5.00. The molecule has 1 aliphatic heterocycles. The van der Waals surface area contributed by atoms with Crippen LogP contribution in [0.2, 0.25) is 0 Å². The molecule has 1 saturated heterocycles. The number of aliphatic hydroxyl groups is 1. The zero-order chi connectivity index (χ0) is 13.5. The lowest BCUT2D eigenvalue weighted by atomic mass is 9.76. The minimum Gasteiger partial charge on any atom is -0.472 e. The molecule has 1 aromatic heterocycles. The highest BCUT2D eigenvalue weighted by Crippen LogP contribution is 2.38. The molecule has 0 saturated carbocycles. The summed E-state index contributed by atoms with van der Waals surface area (Å²) >= 11 is 0. The van der Waals surface area contributed by atoms with Crippen molar-refractivity contribution in [2.45, 2.75) is 12.5 Å². The molecule has 1 aromatic carbocycles. The van der Waals surface area contributed by atoms with E-state index in [1.807, 2.05) is 30.3 Å². The largest absolute Gasteiger partial charge is 0.472 e. The number of nitrogens with one attached hydrogen (secondary N) is 1. The lowest BCUT2D eigenvalue weighted by Crippen LogP contribution is -2.57. The topological polar surface area (TPSA) is 62.5 Å². The number of hydrogen-bond donors (Lipinski definition) is 2. The number of carbonyl (C=O) groups is 1. The van der Waals surface area contributed by atoms with Crippen LogP contribution < -0.4 is 5.32 Å². The van der Waals surface area contributed by atoms with Crippen LogP contribution in [0.1, 0.15) is 12.5 Å². The summed E-state index contributed by atoms with van der Waals surface area (Å²) in [5.74, 6) is -0.507. The second kappa shape index (κ2) is 4.24. The number of benzene rings is 1. The molecule has 4 nitrogen and oxygen atoms in total. The molecule has 2 heterocycles. The maximum Gasteiger partial charge on any atom is 0.228 e. The zero-order valence-corrected chi connectivity index (χ0v) is 10.6. The van der Waals surface area contributed by atoms with Crippen molar-refractivity contribution in [3.05, 3.63) is 48.4 Å². The van der Waals surface area contributed by atoms with Crippen LogP contribution >= 0.6 is 0 Å². The lowest BCUT2D eigenvalue weighted by Gasteiger charge is -2.39. The van der Waals surface area contributed by atoms with E-state index in [2.05, 4.69) is 5.32 Å². The van der Waals surface area contributed by atoms with Crippen LogP contribution in [0.5, 0.6) is 0 Å². The molecule has 2 atom stereocenters. The average molecular weight is 257 g/mol. The lowest BCUT2D eigenvalue weighted by molar-refractivity contribution is -0.143. The van der Waals surface area contributed by atoms with E-state index >= 15 is 0 Å². The van der Waals surface area contributed by atoms with Gasteiger partial charge in [0, 0.05) is 12.1 Å². The molecule has 1 fully saturated rings. The van der Waals surface area contributed by atoms with Crippen LogP contribution in [0.3, 0.4) is 0 Å². The van der Waals surface area contributed by atoms with Gasteiger partial charge in [0.05, 0.1) is 18.4 Å². The van der Waals surface area contributed by atoms with Crippen LogP contribution in [0, 0.1) is 5.92 Å². The molecule has 2 unspecified atom stereocenters. The highest BCUT2D eigenvalue weighted by Gasteiger charge is 2.45. The quantitative estimate of drug-likeness (QED) is 0.825. The van der Waals surface area contributed by atoms with E-state index in [0.717, 1.165) is 16.7 Å². The Balaban J connectivity index is 2.08. The van der Waals surface area contributed by atoms with E-state index in [4.69, 9.17) is 4.42 Å². The van der Waals surface area contributed by atoms with Gasteiger partial charge in [-0.05, 0) is 24.1 Å². The number of furan rings is 1. The Morgan fingerprint density at radius 2 is 2.16 bits per heavy atom. The fourth-order valence-corrected chi connectivity index (χ4v) is 2.52. The first kappa shape index (κ1) is 12.0. The third-order valence-corrected chi connectivity index (χ3v) is 3.78. The van der Waals surface area contributed by atoms with Gasteiger partial charge in [-0.2, -0.15) is 0 Å². The normalized spacial score (nSPS) is 21.4. The smallest absolute Gasteiger partial charge is 0.228 e. The Morgan fingerprint density at radius 3 is 2.74 bits per heavy atom. The minimum atomic E-state index is -1.18. The summed E-state index contributed by atoms with van der Waals surface area (Å²) in [6, 6.07) is 9.39. The molecule has 4 heteroatoms. The number of carbonyl (C=O) groups excluding carboxylic acids is 1. The van der Waals surface area contributed by atoms with Crippen LogP contribution in [0.25, 0.3) is 11.1 Å². The summed E-state index contributed by atoms with van der Waals surface area (Å²) in [7, 11) is 0. The van der Waals surface area contributed by atoms with Gasteiger partial charge in [0.25, 0.3) is 0 Å². The molecule has 3 rings (SSSR count). The molecular formula is C15H15NO3. The Hall–Kier alpha value is -2.07. The van der Waals surface area contributed by atoms with Gasteiger partial charge in [0.1, 0.15) is 5.60 Å². The second-order valence-corrected chi connectivity index (χ2v) is 5.00. The highest BCUT2D eigenvalue weighted by molar-refractivity contribution is 5.86. The van der Waals surface area contributed by atoms with Crippen molar-refractivity contribution in [1.29, 1.82) is 0 Å². The maximum absolute atomic E-state index is 11.6. The van der Waals surface area contributed by atoms with Crippen molar-refractivity contribution in [3.8, 4) is 11.1 Å². The fraction of sp³-hybridized carbons (Fsp3) is 0.267. The Labute approximate surface area is 111 Å². The first-order chi connectivity index (χ1) is 9.10. The van der Waals surface area contributed by atoms with Crippen LogP contribution in [0.15, 0.2) is 47.3 Å². The van der Waals surface area contributed by atoms with E-state index < -0.39 is 11.5 Å². The molecule has 0 spiro atoms. The summed E-state index contributed by atoms with van der Waals surface area (Å²) < 4.78 is 5.10. The van der Waals surface area contributed by atoms with Crippen LogP contribution in [0.4, 0.5) is 0 Å². The van der Waals surface area contributed by atoms with Gasteiger partial charge in [0.2, 0.25) is 5.91 Å². The summed E-state index contributed by atoms with van der Waals surface area (Å²) in [6.07, 6.45) is 3.23. The van der Waals surface area contributed by atoms with E-state index in [0.29, 0.717) is 6.54 Å². The van der Waals surface area contributed by atoms with Gasteiger partial charge in [-0.15, -0.1) is 0 Å². The number of amides is 1. The predicted octanol–water partition coefficient (Wildman–Crippen LogP) is 1.90. The highest BCUT2D eigenvalue weighted by atomic mass is 16.3. The molecule has 1 aliphatic rings. The summed E-state index contributed by atoms with van der Waals surface area (Å²) in [4.78, 5) is 11.6. The Kier molecular flexibility index (Phi) is 2.68. The summed E-state index contributed by atoms with van der Waals surface area (Å²) in [6.45, 7) is 2.20. The van der Waals surface area contributed by atoms with E-state index in [1.54, 1.807) is 19.5 Å². The predicted molar refractivity (Wildman–Crippen MR) is 70.2 cm³/mol. The van der Waals surface area contributed by atoms with Crippen molar-refractivity contribution in [2.24, 2.45) is 5.92 Å². The molecule has 0 radical (unpaired) electrons. The van der Waals surface area contributed by atoms with Gasteiger partial charge in [0.15, 0.2) is 0 Å². The van der Waals surface area contributed by atoms with Gasteiger partial charge in [-0.25, -0.2) is 0 Å². The summed E-state index contributed by atoms with van der Waals surface area (Å²) in [5, 5.41) is 13.4. The van der Waals surface area contributed by atoms with Crippen molar-refractivity contribution in [1.82, 2.24) is 5.32 Å². The number of hydrogen-bond acceptors (Lipinski definition) is 3. The first-order valence-corrected chi connectivity index (χ1v) is 6.23. The number of β-lactam (4-membered cyclic amide) rings is 1. The maximum atomic E-state index is 11.6. The van der Waals surface area contributed by atoms with E-state index in [1.165, 1.54) is 0 Å². The van der Waals surface area contributed by atoms with Crippen LogP contribution in [-0.4, -0.2) is 17.6 Å². The Morgan fingerprint density at radius 1 is 1.37 bits per heavy atom. The Bertz CT molecular complexity index is 602. The molecule has 98 valence electrons.